The van der Waals surface area contributed by atoms with Crippen LogP contribution in [-0.2, 0) is 61.9 Å². The number of alkyl carbamates (subject to hydrolysis) is 1. The summed E-state index contributed by atoms with van der Waals surface area (Å²) in [5.74, 6) is -5.37. The van der Waals surface area contributed by atoms with Gasteiger partial charge in [0.1, 0.15) is 41.3 Å². The van der Waals surface area contributed by atoms with E-state index >= 15 is 4.79 Å². The first kappa shape index (κ1) is 54.8. The Hall–Kier alpha value is -5.53. The summed E-state index contributed by atoms with van der Waals surface area (Å²) in [6, 6.07) is 15.0. The molecule has 1 saturated heterocycles. The predicted octanol–water partition coefficient (Wildman–Crippen LogP) is 5.45. The van der Waals surface area contributed by atoms with Gasteiger partial charge in [-0.05, 0) is 70.9 Å². The Kier molecular flexibility index (Phi) is 16.1. The van der Waals surface area contributed by atoms with Gasteiger partial charge in [-0.15, -0.1) is 0 Å². The molecule has 2 aromatic carbocycles. The fourth-order valence-electron chi connectivity index (χ4n) is 11.6. The molecular weight excluding hydrogens is 921 g/mol. The van der Waals surface area contributed by atoms with Gasteiger partial charge in [0.05, 0.1) is 42.1 Å². The number of hydrogen-bond acceptors (Lipinski definition) is 17. The molecule has 71 heavy (non-hydrogen) atoms. The molecule has 4 aliphatic rings. The van der Waals surface area contributed by atoms with Gasteiger partial charge >= 0.3 is 30.0 Å². The molecule has 1 aliphatic heterocycles. The predicted molar refractivity (Wildman–Crippen MR) is 254 cm³/mol. The van der Waals surface area contributed by atoms with Crippen molar-refractivity contribution >= 4 is 41.5 Å². The minimum Gasteiger partial charge on any atom is -0.462 e. The first-order chi connectivity index (χ1) is 33.3. The number of ketones is 2. The summed E-state index contributed by atoms with van der Waals surface area (Å²) < 4.78 is 49.0. The highest BCUT2D eigenvalue weighted by Gasteiger charge is 2.84. The van der Waals surface area contributed by atoms with E-state index < -0.39 is 124 Å². The van der Waals surface area contributed by atoms with Crippen molar-refractivity contribution in [1.29, 1.82) is 0 Å². The number of rotatable bonds is 17. The van der Waals surface area contributed by atoms with E-state index in [-0.39, 0.29) is 50.2 Å². The number of carbonyl (C=O) groups excluding carboxylic acids is 7. The van der Waals surface area contributed by atoms with E-state index in [1.807, 2.05) is 0 Å². The van der Waals surface area contributed by atoms with Crippen LogP contribution >= 0.6 is 0 Å². The average Bonchev–Trinajstić information content (AvgIpc) is 3.30. The highest BCUT2D eigenvalue weighted by atomic mass is 16.6. The van der Waals surface area contributed by atoms with Gasteiger partial charge in [-0.3, -0.25) is 19.2 Å². The van der Waals surface area contributed by atoms with Crippen molar-refractivity contribution in [3.63, 3.8) is 0 Å². The van der Waals surface area contributed by atoms with Crippen molar-refractivity contribution in [2.75, 3.05) is 34.0 Å². The van der Waals surface area contributed by atoms with Crippen LogP contribution in [0, 0.1) is 22.2 Å². The fraction of sp³-hybridized carbons (Fsp3) is 0.604. The van der Waals surface area contributed by atoms with E-state index in [9.17, 15) is 33.9 Å². The third kappa shape index (κ3) is 9.89. The van der Waals surface area contributed by atoms with E-state index in [1.165, 1.54) is 21.1 Å². The van der Waals surface area contributed by atoms with Crippen LogP contribution in [0.1, 0.15) is 116 Å². The minimum absolute atomic E-state index is 0.0251. The summed E-state index contributed by atoms with van der Waals surface area (Å²) in [4.78, 5) is 98.0. The number of benzene rings is 2. The van der Waals surface area contributed by atoms with Gasteiger partial charge in [0, 0.05) is 51.7 Å². The number of carbonyl (C=O) groups is 7. The molecule has 18 heteroatoms. The zero-order valence-electron chi connectivity index (χ0n) is 42.6. The molecule has 4 N–H and O–H groups in total. The quantitative estimate of drug-likeness (QED) is 0.101. The number of esters is 4. The maximum absolute atomic E-state index is 15.9. The Bertz CT molecular complexity index is 2380. The number of nitrogens with one attached hydrogen (secondary N) is 1. The average molecular weight is 991 g/mol. The molecule has 2 bridgehead atoms. The van der Waals surface area contributed by atoms with Crippen LogP contribution in [0.2, 0.25) is 0 Å². The van der Waals surface area contributed by atoms with E-state index in [2.05, 4.69) is 5.32 Å². The molecule has 0 aromatic heterocycles. The summed E-state index contributed by atoms with van der Waals surface area (Å²) in [6.07, 6.45) is -8.48. The van der Waals surface area contributed by atoms with Gasteiger partial charge in [-0.2, -0.15) is 0 Å². The number of hydrogen-bond donors (Lipinski definition) is 3. The van der Waals surface area contributed by atoms with E-state index in [4.69, 9.17) is 43.6 Å². The number of amides is 1. The second-order valence-corrected chi connectivity index (χ2v) is 21.0. The summed E-state index contributed by atoms with van der Waals surface area (Å²) in [5.41, 5.74) is -3.03. The van der Waals surface area contributed by atoms with Gasteiger partial charge in [-0.25, -0.2) is 14.4 Å². The van der Waals surface area contributed by atoms with Gasteiger partial charge in [0.25, 0.3) is 0 Å². The molecule has 1 amide bonds. The highest BCUT2D eigenvalue weighted by molar-refractivity contribution is 5.95. The van der Waals surface area contributed by atoms with Crippen LogP contribution in [0.15, 0.2) is 71.8 Å². The van der Waals surface area contributed by atoms with Gasteiger partial charge in [-0.1, -0.05) is 74.9 Å². The Labute approximate surface area is 414 Å². The largest absolute Gasteiger partial charge is 0.462 e. The normalized spacial score (nSPS) is 30.6. The lowest BCUT2D eigenvalue weighted by molar-refractivity contribution is -0.381. The maximum atomic E-state index is 15.9. The molecule has 18 nitrogen and oxygen atoms in total. The van der Waals surface area contributed by atoms with Crippen LogP contribution in [0.4, 0.5) is 4.79 Å². The second-order valence-electron chi connectivity index (χ2n) is 21.0. The van der Waals surface area contributed by atoms with Gasteiger partial charge in [0.2, 0.25) is 6.10 Å². The first-order valence-corrected chi connectivity index (χ1v) is 24.0. The van der Waals surface area contributed by atoms with Crippen molar-refractivity contribution in [2.24, 2.45) is 27.9 Å². The second kappa shape index (κ2) is 20.9. The zero-order chi connectivity index (χ0) is 52.5. The minimum atomic E-state index is -2.20. The molecule has 2 aromatic rings. The molecule has 0 radical (unpaired) electrons. The van der Waals surface area contributed by atoms with Crippen LogP contribution < -0.4 is 11.1 Å². The van der Waals surface area contributed by atoms with Crippen LogP contribution in [0.5, 0.6) is 0 Å². The van der Waals surface area contributed by atoms with Crippen LogP contribution in [-0.4, -0.2) is 128 Å². The Morgan fingerprint density at radius 2 is 1.55 bits per heavy atom. The fourth-order valence-corrected chi connectivity index (χ4v) is 11.6. The first-order valence-electron chi connectivity index (χ1n) is 24.0. The third-order valence-corrected chi connectivity index (χ3v) is 15.5. The number of methoxy groups -OCH3 is 2. The SMILES string of the molecule is COC1C(=O)[C@]2(C)C(OC)C[C@H]3OC[C@@]3(OC(C)=O)[C@@]2(C)[C@H](OC(=O)c2ccccc2)C2(O)C[C@H](COC(=O)[C@H](OC(=O)CCC(=O)CCN)C(NC(=O)OC(C)(C)C)c3ccccc3)C(C)=C1C2(C)C. The molecule has 4 unspecified atom stereocenters. The number of nitrogens with two attached hydrogens (primary N) is 1. The zero-order valence-corrected chi connectivity index (χ0v) is 42.6. The summed E-state index contributed by atoms with van der Waals surface area (Å²) in [6.45, 7) is 14.0. The molecule has 2 saturated carbocycles. The standard InChI is InChI=1S/C53H70N2O16/c1-30-34(28-66-45(61)42(68-38(58)23-22-35(57)24-25-54)40(32-18-14-12-15-19-32)55-47(62)71-48(3,4)5)27-52(63)46(69-44(60)33-20-16-13-17-21-33)51(9)50(8,43(59)41(65-11)39(30)49(52,6)7)36(64-10)26-37-53(51,29-67-37)70-31(2)56/h12-21,34,36-37,40-42,46,63H,22-29,54H2,1-11H3,(H,55,62)/t34-,36?,37-,40?,41?,42-,46+,50+,51+,52?,53+/m1/s1. The number of Topliss-reactive ketones (excluding diaryl/α,β-unsaturated/α-hetero) is 2. The molecule has 6 rings (SSSR count). The van der Waals surface area contributed by atoms with Crippen molar-refractivity contribution < 1.29 is 76.6 Å². The van der Waals surface area contributed by atoms with Crippen LogP contribution in [0.3, 0.4) is 0 Å². The summed E-state index contributed by atoms with van der Waals surface area (Å²) >= 11 is 0. The van der Waals surface area contributed by atoms with Crippen molar-refractivity contribution in [2.45, 2.75) is 148 Å². The number of fused-ring (bicyclic) bond motifs is 5. The smallest absolute Gasteiger partial charge is 0.408 e. The molecule has 3 aliphatic carbocycles. The van der Waals surface area contributed by atoms with Gasteiger partial charge in [0.15, 0.2) is 11.4 Å². The molecule has 1 heterocycles. The van der Waals surface area contributed by atoms with E-state index in [0.29, 0.717) is 16.7 Å². The number of ether oxygens (including phenoxy) is 8. The number of aliphatic hydroxyl groups is 1. The topological polar surface area (TPSA) is 252 Å². The van der Waals surface area contributed by atoms with E-state index in [1.54, 1.807) is 116 Å². The van der Waals surface area contributed by atoms with Crippen LogP contribution in [0.25, 0.3) is 0 Å². The highest BCUT2D eigenvalue weighted by Crippen LogP contribution is 2.70. The van der Waals surface area contributed by atoms with Gasteiger partial charge < -0.3 is 54.1 Å². The van der Waals surface area contributed by atoms with Crippen molar-refractivity contribution in [1.82, 2.24) is 5.32 Å². The Morgan fingerprint density at radius 3 is 2.10 bits per heavy atom. The molecule has 3 fully saturated rings. The lowest BCUT2D eigenvalue weighted by Crippen LogP contribution is -2.86. The Morgan fingerprint density at radius 1 is 0.915 bits per heavy atom. The molecule has 0 spiro atoms. The monoisotopic (exact) mass is 990 g/mol. The third-order valence-electron chi connectivity index (χ3n) is 15.5. The molecule has 11 atom stereocenters. The van der Waals surface area contributed by atoms with Crippen molar-refractivity contribution in [3.8, 4) is 0 Å². The Balaban J connectivity index is 1.50. The lowest BCUT2D eigenvalue weighted by Gasteiger charge is -2.72. The molecule has 388 valence electrons. The molecular formula is C53H70N2O16. The van der Waals surface area contributed by atoms with E-state index in [0.717, 1.165) is 0 Å². The maximum Gasteiger partial charge on any atom is 0.408 e. The summed E-state index contributed by atoms with van der Waals surface area (Å²) in [5, 5.41) is 16.8. The lowest BCUT2D eigenvalue weighted by atomic mass is 9.38. The summed E-state index contributed by atoms with van der Waals surface area (Å²) in [7, 11) is 2.81. The van der Waals surface area contributed by atoms with Crippen molar-refractivity contribution in [3.05, 3.63) is 82.9 Å².